The van der Waals surface area contributed by atoms with Crippen LogP contribution >= 0.6 is 11.3 Å². The molecule has 0 aliphatic heterocycles. The third kappa shape index (κ3) is 4.12. The predicted molar refractivity (Wildman–Crippen MR) is 84.0 cm³/mol. The van der Waals surface area contributed by atoms with Crippen LogP contribution in [-0.4, -0.2) is 18.5 Å². The number of rotatable bonds is 6. The minimum atomic E-state index is -0.408. The normalized spacial score (nSPS) is 13.7. The van der Waals surface area contributed by atoms with Crippen LogP contribution < -0.4 is 10.2 Å². The first-order chi connectivity index (χ1) is 10.1. The van der Waals surface area contributed by atoms with Gasteiger partial charge in [-0.25, -0.2) is 4.39 Å². The summed E-state index contributed by atoms with van der Waals surface area (Å²) in [5.74, 6) is -0.567. The second-order valence-corrected chi connectivity index (χ2v) is 5.99. The van der Waals surface area contributed by atoms with Gasteiger partial charge in [0.1, 0.15) is 12.4 Å². The number of likely N-dealkylation sites (N-methyl/N-ethyl adjacent to an activating group) is 1. The molecule has 2 N–H and O–H groups in total. The average Bonchev–Trinajstić information content (AvgIpc) is 2.99. The number of halogens is 1. The van der Waals surface area contributed by atoms with Gasteiger partial charge in [-0.1, -0.05) is 18.2 Å². The summed E-state index contributed by atoms with van der Waals surface area (Å²) in [4.78, 5) is 14.7. The standard InChI is InChI=1S/C16H19FN2OS/c1-3-19(11-13-7-6-10-21-13)12(2)16(20)18-15-9-5-4-8-14(15)17/h4-10,12H,3,11H2,1-2H3,(H,18,20)/p+1/t12-/m0/s1. The molecule has 2 aromatic rings. The molecule has 1 aromatic carbocycles. The van der Waals surface area contributed by atoms with Crippen LogP contribution in [0.2, 0.25) is 0 Å². The van der Waals surface area contributed by atoms with Crippen molar-refractivity contribution in [3.8, 4) is 0 Å². The van der Waals surface area contributed by atoms with E-state index >= 15 is 0 Å². The Morgan fingerprint density at radius 3 is 2.71 bits per heavy atom. The fourth-order valence-electron chi connectivity index (χ4n) is 2.21. The van der Waals surface area contributed by atoms with Gasteiger partial charge in [-0.05, 0) is 37.4 Å². The molecule has 1 aromatic heterocycles. The van der Waals surface area contributed by atoms with Crippen molar-refractivity contribution in [2.45, 2.75) is 26.4 Å². The lowest BCUT2D eigenvalue weighted by Gasteiger charge is -2.23. The minimum Gasteiger partial charge on any atom is -0.321 e. The summed E-state index contributed by atoms with van der Waals surface area (Å²) in [6.45, 7) is 5.57. The highest BCUT2D eigenvalue weighted by Crippen LogP contribution is 2.12. The van der Waals surface area contributed by atoms with Gasteiger partial charge >= 0.3 is 0 Å². The number of carbonyl (C=O) groups excluding carboxylic acids is 1. The molecular weight excluding hydrogens is 287 g/mol. The van der Waals surface area contributed by atoms with Gasteiger partial charge in [-0.15, -0.1) is 11.3 Å². The van der Waals surface area contributed by atoms with Crippen LogP contribution in [0.1, 0.15) is 18.7 Å². The fraction of sp³-hybridized carbons (Fsp3) is 0.312. The number of amides is 1. The summed E-state index contributed by atoms with van der Waals surface area (Å²) < 4.78 is 13.6. The highest BCUT2D eigenvalue weighted by atomic mass is 32.1. The molecule has 3 nitrogen and oxygen atoms in total. The van der Waals surface area contributed by atoms with E-state index in [9.17, 15) is 9.18 Å². The average molecular weight is 307 g/mol. The molecule has 1 amide bonds. The van der Waals surface area contributed by atoms with Gasteiger partial charge in [0.05, 0.1) is 17.1 Å². The Morgan fingerprint density at radius 2 is 2.10 bits per heavy atom. The van der Waals surface area contributed by atoms with E-state index in [1.54, 1.807) is 29.5 Å². The first-order valence-electron chi connectivity index (χ1n) is 7.04. The van der Waals surface area contributed by atoms with Gasteiger partial charge < -0.3 is 10.2 Å². The number of thiophene rings is 1. The highest BCUT2D eigenvalue weighted by Gasteiger charge is 2.24. The Bertz CT molecular complexity index is 586. The molecule has 0 saturated carbocycles. The van der Waals surface area contributed by atoms with Crippen molar-refractivity contribution in [1.82, 2.24) is 0 Å². The van der Waals surface area contributed by atoms with E-state index in [4.69, 9.17) is 0 Å². The van der Waals surface area contributed by atoms with E-state index in [-0.39, 0.29) is 17.6 Å². The molecular formula is C16H20FN2OS+. The molecule has 0 aliphatic carbocycles. The van der Waals surface area contributed by atoms with E-state index in [2.05, 4.69) is 18.3 Å². The molecule has 2 rings (SSSR count). The zero-order chi connectivity index (χ0) is 15.2. The Labute approximate surface area is 128 Å². The SMILES string of the molecule is CC[NH+](Cc1cccs1)[C@@H](C)C(=O)Nc1ccccc1F. The van der Waals surface area contributed by atoms with E-state index in [0.29, 0.717) is 0 Å². The smallest absolute Gasteiger partial charge is 0.282 e. The van der Waals surface area contributed by atoms with Crippen molar-refractivity contribution in [2.24, 2.45) is 0 Å². The molecule has 0 bridgehead atoms. The number of para-hydroxylation sites is 1. The zero-order valence-corrected chi connectivity index (χ0v) is 13.0. The first-order valence-corrected chi connectivity index (χ1v) is 7.92. The monoisotopic (exact) mass is 307 g/mol. The van der Waals surface area contributed by atoms with Crippen molar-refractivity contribution >= 4 is 22.9 Å². The molecule has 2 atom stereocenters. The van der Waals surface area contributed by atoms with Crippen LogP contribution in [0.15, 0.2) is 41.8 Å². The maximum atomic E-state index is 13.6. The first kappa shape index (κ1) is 15.7. The largest absolute Gasteiger partial charge is 0.321 e. The molecule has 112 valence electrons. The van der Waals surface area contributed by atoms with Crippen LogP contribution in [0, 0.1) is 5.82 Å². The lowest BCUT2D eigenvalue weighted by atomic mass is 10.2. The van der Waals surface area contributed by atoms with Crippen LogP contribution in [0.3, 0.4) is 0 Å². The zero-order valence-electron chi connectivity index (χ0n) is 12.2. The number of quaternary nitrogens is 1. The highest BCUT2D eigenvalue weighted by molar-refractivity contribution is 7.09. The second-order valence-electron chi connectivity index (χ2n) is 4.96. The van der Waals surface area contributed by atoms with Crippen LogP contribution in [0.5, 0.6) is 0 Å². The van der Waals surface area contributed by atoms with Gasteiger partial charge in [0.2, 0.25) is 0 Å². The number of benzene rings is 1. The number of carbonyl (C=O) groups is 1. The second kappa shape index (κ2) is 7.33. The Hall–Kier alpha value is -1.72. The maximum absolute atomic E-state index is 13.6. The van der Waals surface area contributed by atoms with Crippen LogP contribution in [0.4, 0.5) is 10.1 Å². The maximum Gasteiger partial charge on any atom is 0.282 e. The summed E-state index contributed by atoms with van der Waals surface area (Å²) in [5, 5.41) is 4.71. The molecule has 0 fully saturated rings. The minimum absolute atomic E-state index is 0.159. The number of hydrogen-bond donors (Lipinski definition) is 2. The van der Waals surface area contributed by atoms with Gasteiger partial charge in [0.25, 0.3) is 5.91 Å². The predicted octanol–water partition coefficient (Wildman–Crippen LogP) is 2.32. The molecule has 0 radical (unpaired) electrons. The summed E-state index contributed by atoms with van der Waals surface area (Å²) in [6.07, 6.45) is 0. The number of hydrogen-bond acceptors (Lipinski definition) is 2. The molecule has 1 unspecified atom stereocenters. The van der Waals surface area contributed by atoms with Crippen molar-refractivity contribution < 1.29 is 14.1 Å². The van der Waals surface area contributed by atoms with Crippen LogP contribution in [-0.2, 0) is 11.3 Å². The summed E-state index contributed by atoms with van der Waals surface area (Å²) in [7, 11) is 0. The molecule has 0 aliphatic rings. The van der Waals surface area contributed by atoms with Gasteiger partial charge in [0.15, 0.2) is 6.04 Å². The van der Waals surface area contributed by atoms with Crippen molar-refractivity contribution in [3.63, 3.8) is 0 Å². The lowest BCUT2D eigenvalue weighted by Crippen LogP contribution is -3.15. The Morgan fingerprint density at radius 1 is 1.33 bits per heavy atom. The van der Waals surface area contributed by atoms with Gasteiger partial charge in [-0.3, -0.25) is 4.79 Å². The van der Waals surface area contributed by atoms with Crippen LogP contribution in [0.25, 0.3) is 0 Å². The van der Waals surface area contributed by atoms with Gasteiger partial charge in [0, 0.05) is 0 Å². The van der Waals surface area contributed by atoms with Crippen molar-refractivity contribution in [1.29, 1.82) is 0 Å². The topological polar surface area (TPSA) is 33.5 Å². The molecule has 1 heterocycles. The molecule has 0 saturated heterocycles. The number of nitrogens with one attached hydrogen (secondary N) is 2. The van der Waals surface area contributed by atoms with Crippen molar-refractivity contribution in [3.05, 3.63) is 52.5 Å². The third-order valence-corrected chi connectivity index (χ3v) is 4.45. The molecule has 0 spiro atoms. The van der Waals surface area contributed by atoms with Gasteiger partial charge in [-0.2, -0.15) is 0 Å². The lowest BCUT2D eigenvalue weighted by molar-refractivity contribution is -0.925. The molecule has 21 heavy (non-hydrogen) atoms. The van der Waals surface area contributed by atoms with E-state index < -0.39 is 5.82 Å². The Kier molecular flexibility index (Phi) is 5.47. The number of anilines is 1. The quantitative estimate of drug-likeness (QED) is 0.844. The third-order valence-electron chi connectivity index (χ3n) is 3.57. The summed E-state index contributed by atoms with van der Waals surface area (Å²) >= 11 is 1.69. The van der Waals surface area contributed by atoms with Crippen molar-refractivity contribution in [2.75, 3.05) is 11.9 Å². The fourth-order valence-corrected chi connectivity index (χ4v) is 2.97. The molecule has 5 heteroatoms. The van der Waals surface area contributed by atoms with E-state index in [1.807, 2.05) is 18.4 Å². The summed E-state index contributed by atoms with van der Waals surface area (Å²) in [6, 6.07) is 10.1. The van der Waals surface area contributed by atoms with E-state index in [0.717, 1.165) is 18.0 Å². The summed E-state index contributed by atoms with van der Waals surface area (Å²) in [5.41, 5.74) is 0.237. The van der Waals surface area contributed by atoms with E-state index in [1.165, 1.54) is 10.9 Å². The Balaban J connectivity index is 2.01.